The lowest BCUT2D eigenvalue weighted by Crippen LogP contribution is -2.20. The maximum Gasteiger partial charge on any atom is 0.263 e. The van der Waals surface area contributed by atoms with Crippen molar-refractivity contribution in [3.63, 3.8) is 0 Å². The third kappa shape index (κ3) is 3.29. The Morgan fingerprint density at radius 1 is 1.20 bits per heavy atom. The summed E-state index contributed by atoms with van der Waals surface area (Å²) in [6, 6.07) is 6.12. The molecular formula is C20H20Cl2F2O. The zero-order valence-corrected chi connectivity index (χ0v) is 15.7. The minimum absolute atomic E-state index is 0.0266. The van der Waals surface area contributed by atoms with Crippen LogP contribution >= 0.6 is 23.2 Å². The van der Waals surface area contributed by atoms with Gasteiger partial charge in [0.2, 0.25) is 0 Å². The number of halogens is 4. The molecule has 1 nitrogen and oxygen atoms in total. The molecule has 3 atom stereocenters. The van der Waals surface area contributed by atoms with E-state index in [9.17, 15) is 13.6 Å². The topological polar surface area (TPSA) is 17.1 Å². The van der Waals surface area contributed by atoms with Crippen molar-refractivity contribution in [3.8, 4) is 0 Å². The Morgan fingerprint density at radius 3 is 2.32 bits per heavy atom. The Hall–Kier alpha value is -1.19. The van der Waals surface area contributed by atoms with Crippen molar-refractivity contribution in [1.29, 1.82) is 0 Å². The summed E-state index contributed by atoms with van der Waals surface area (Å²) in [7, 11) is 0. The van der Waals surface area contributed by atoms with Crippen LogP contribution in [-0.2, 0) is 4.79 Å². The monoisotopic (exact) mass is 384 g/mol. The normalized spacial score (nSPS) is 28.4. The molecule has 1 saturated carbocycles. The van der Waals surface area contributed by atoms with Gasteiger partial charge < -0.3 is 0 Å². The van der Waals surface area contributed by atoms with Crippen molar-refractivity contribution < 1.29 is 13.6 Å². The molecule has 0 heterocycles. The summed E-state index contributed by atoms with van der Waals surface area (Å²) in [5.74, 6) is -0.140. The van der Waals surface area contributed by atoms with Gasteiger partial charge in [-0.05, 0) is 37.3 Å². The summed E-state index contributed by atoms with van der Waals surface area (Å²) < 4.78 is 24.5. The van der Waals surface area contributed by atoms with Gasteiger partial charge >= 0.3 is 0 Å². The molecule has 1 aromatic carbocycles. The minimum atomic E-state index is -2.50. The van der Waals surface area contributed by atoms with Crippen molar-refractivity contribution in [2.24, 2.45) is 11.8 Å². The number of benzene rings is 1. The fourth-order valence-electron chi connectivity index (χ4n) is 3.78. The molecule has 2 aliphatic rings. The molecule has 5 heteroatoms. The summed E-state index contributed by atoms with van der Waals surface area (Å²) >= 11 is 13.1. The fraction of sp³-hybridized carbons (Fsp3) is 0.450. The number of carbonyl (C=O) groups excluding carboxylic acids is 1. The molecule has 134 valence electrons. The lowest BCUT2D eigenvalue weighted by molar-refractivity contribution is -0.116. The number of ketones is 1. The van der Waals surface area contributed by atoms with Crippen LogP contribution in [0.4, 0.5) is 8.78 Å². The summed E-state index contributed by atoms with van der Waals surface area (Å²) in [6.45, 7) is 7.73. The van der Waals surface area contributed by atoms with Gasteiger partial charge in [-0.15, -0.1) is 23.2 Å². The van der Waals surface area contributed by atoms with Crippen molar-refractivity contribution in [2.75, 3.05) is 0 Å². The van der Waals surface area contributed by atoms with Crippen LogP contribution in [0.1, 0.15) is 50.2 Å². The van der Waals surface area contributed by atoms with Crippen LogP contribution in [0.15, 0.2) is 47.6 Å². The first-order valence-electron chi connectivity index (χ1n) is 8.28. The van der Waals surface area contributed by atoms with Gasteiger partial charge in [0.05, 0.1) is 0 Å². The number of rotatable bonds is 4. The summed E-state index contributed by atoms with van der Waals surface area (Å²) in [6.07, 6.45) is -1.30. The fourth-order valence-corrected chi connectivity index (χ4v) is 4.67. The van der Waals surface area contributed by atoms with Gasteiger partial charge in [-0.25, -0.2) is 8.78 Å². The largest absolute Gasteiger partial charge is 0.295 e. The van der Waals surface area contributed by atoms with E-state index in [1.165, 1.54) is 12.1 Å². The number of carbonyl (C=O) groups is 1. The molecule has 0 aromatic heterocycles. The van der Waals surface area contributed by atoms with Gasteiger partial charge in [0, 0.05) is 23.8 Å². The van der Waals surface area contributed by atoms with E-state index in [-0.39, 0.29) is 29.1 Å². The lowest BCUT2D eigenvalue weighted by Gasteiger charge is -2.26. The zero-order chi connectivity index (χ0) is 18.5. The third-order valence-electron chi connectivity index (χ3n) is 5.47. The van der Waals surface area contributed by atoms with E-state index in [1.807, 2.05) is 13.8 Å². The highest BCUT2D eigenvalue weighted by molar-refractivity contribution is 6.52. The van der Waals surface area contributed by atoms with Crippen LogP contribution in [0.3, 0.4) is 0 Å². The van der Waals surface area contributed by atoms with E-state index in [0.717, 1.165) is 28.7 Å². The number of hydrogen-bond acceptors (Lipinski definition) is 1. The van der Waals surface area contributed by atoms with Gasteiger partial charge in [-0.1, -0.05) is 42.0 Å². The second-order valence-corrected chi connectivity index (χ2v) is 8.57. The molecule has 0 spiro atoms. The molecule has 0 amide bonds. The molecule has 0 radical (unpaired) electrons. The van der Waals surface area contributed by atoms with Crippen molar-refractivity contribution in [3.05, 3.63) is 58.7 Å². The first-order valence-corrected chi connectivity index (χ1v) is 9.04. The maximum atomic E-state index is 12.7. The number of alkyl halides is 4. The van der Waals surface area contributed by atoms with Crippen LogP contribution in [0.5, 0.6) is 0 Å². The average molecular weight is 385 g/mol. The summed E-state index contributed by atoms with van der Waals surface area (Å²) in [4.78, 5) is 12.4. The van der Waals surface area contributed by atoms with Crippen LogP contribution < -0.4 is 0 Å². The Kier molecular flexibility index (Phi) is 4.85. The SMILES string of the molecule is C=C(C)C1CC(=O)C(C)=C(C2C(c3ccc(C(F)F)cc3)C2(Cl)Cl)C1. The lowest BCUT2D eigenvalue weighted by atomic mass is 9.78. The standard InChI is InChI=1S/C20H20Cl2F2O/c1-10(2)14-8-15(11(3)16(25)9-14)18-17(20(18,21)22)12-4-6-13(7-5-12)19(23)24/h4-7,14,17-19H,1,8-9H2,2-3H3. The smallest absolute Gasteiger partial charge is 0.263 e. The van der Waals surface area contributed by atoms with Gasteiger partial charge in [-0.2, -0.15) is 0 Å². The van der Waals surface area contributed by atoms with Gasteiger partial charge in [0.15, 0.2) is 5.78 Å². The molecule has 3 unspecified atom stereocenters. The van der Waals surface area contributed by atoms with Crippen molar-refractivity contribution in [2.45, 2.75) is 43.4 Å². The average Bonchev–Trinajstić information content (AvgIpc) is 3.11. The second kappa shape index (κ2) is 6.51. The first kappa shape index (κ1) is 18.6. The molecule has 0 N–H and O–H groups in total. The molecule has 0 aliphatic heterocycles. The molecular weight excluding hydrogens is 365 g/mol. The molecule has 3 rings (SSSR count). The molecule has 0 bridgehead atoms. The third-order valence-corrected chi connectivity index (χ3v) is 6.41. The number of allylic oxidation sites excluding steroid dienone is 3. The Bertz CT molecular complexity index is 749. The van der Waals surface area contributed by atoms with Gasteiger partial charge in [-0.3, -0.25) is 4.79 Å². The van der Waals surface area contributed by atoms with Crippen LogP contribution in [-0.4, -0.2) is 10.1 Å². The van der Waals surface area contributed by atoms with E-state index in [4.69, 9.17) is 23.2 Å². The first-order chi connectivity index (χ1) is 11.6. The molecule has 1 fully saturated rings. The zero-order valence-electron chi connectivity index (χ0n) is 14.2. The Balaban J connectivity index is 1.91. The molecule has 0 saturated heterocycles. The summed E-state index contributed by atoms with van der Waals surface area (Å²) in [5.41, 5.74) is 3.49. The van der Waals surface area contributed by atoms with E-state index < -0.39 is 10.8 Å². The van der Waals surface area contributed by atoms with E-state index in [2.05, 4.69) is 6.58 Å². The Morgan fingerprint density at radius 2 is 1.80 bits per heavy atom. The molecule has 25 heavy (non-hydrogen) atoms. The van der Waals surface area contributed by atoms with E-state index in [1.54, 1.807) is 12.1 Å². The van der Waals surface area contributed by atoms with Crippen molar-refractivity contribution in [1.82, 2.24) is 0 Å². The van der Waals surface area contributed by atoms with Crippen LogP contribution in [0, 0.1) is 11.8 Å². The van der Waals surface area contributed by atoms with E-state index >= 15 is 0 Å². The highest BCUT2D eigenvalue weighted by Crippen LogP contribution is 2.69. The summed E-state index contributed by atoms with van der Waals surface area (Å²) in [5, 5.41) is 0. The van der Waals surface area contributed by atoms with Gasteiger partial charge in [0.1, 0.15) is 4.33 Å². The minimum Gasteiger partial charge on any atom is -0.295 e. The highest BCUT2D eigenvalue weighted by Gasteiger charge is 2.65. The second-order valence-electron chi connectivity index (χ2n) is 7.12. The quantitative estimate of drug-likeness (QED) is 0.434. The van der Waals surface area contributed by atoms with Gasteiger partial charge in [0.25, 0.3) is 6.43 Å². The maximum absolute atomic E-state index is 12.7. The van der Waals surface area contributed by atoms with Crippen LogP contribution in [0.25, 0.3) is 0 Å². The number of hydrogen-bond donors (Lipinski definition) is 0. The van der Waals surface area contributed by atoms with Crippen LogP contribution in [0.2, 0.25) is 0 Å². The van der Waals surface area contributed by atoms with Crippen molar-refractivity contribution >= 4 is 29.0 Å². The molecule has 1 aromatic rings. The predicted octanol–water partition coefficient (Wildman–Crippen LogP) is 6.38. The predicted molar refractivity (Wildman–Crippen MR) is 97.3 cm³/mol. The Labute approximate surface area is 156 Å². The number of Topliss-reactive ketones (excluding diaryl/α,β-unsaturated/α-hetero) is 1. The molecule has 2 aliphatic carbocycles. The van der Waals surface area contributed by atoms with E-state index in [0.29, 0.717) is 6.42 Å². The highest BCUT2D eigenvalue weighted by atomic mass is 35.5.